The molecule has 0 heterocycles. The Labute approximate surface area is 89.3 Å². The molecular weight excluding hydrogens is 202 g/mol. The van der Waals surface area contributed by atoms with Crippen LogP contribution in [0.25, 0.3) is 0 Å². The minimum Gasteiger partial charge on any atom is -0.460 e. The Kier molecular flexibility index (Phi) is 5.47. The highest BCUT2D eigenvalue weighted by molar-refractivity contribution is 5.70. The molecule has 2 nitrogen and oxygen atoms in total. The number of rotatable bonds is 4. The molecule has 15 heavy (non-hydrogen) atoms. The van der Waals surface area contributed by atoms with Crippen molar-refractivity contribution in [1.29, 1.82) is 0 Å². The van der Waals surface area contributed by atoms with Crippen LogP contribution in [0.1, 0.15) is 47.0 Å². The first-order valence-electron chi connectivity index (χ1n) is 5.01. The fraction of sp³-hybridized carbons (Fsp3) is 0.727. The number of halogens is 2. The first-order chi connectivity index (χ1) is 6.76. The van der Waals surface area contributed by atoms with Crippen molar-refractivity contribution in [2.75, 3.05) is 0 Å². The molecule has 0 spiro atoms. The summed E-state index contributed by atoms with van der Waals surface area (Å²) < 4.78 is 29.4. The molecule has 0 aromatic heterocycles. The number of carbonyl (C=O) groups is 1. The Bertz CT molecular complexity index is 248. The van der Waals surface area contributed by atoms with Crippen molar-refractivity contribution < 1.29 is 18.3 Å². The van der Waals surface area contributed by atoms with Crippen LogP contribution in [0, 0.1) is 0 Å². The van der Waals surface area contributed by atoms with Gasteiger partial charge in [-0.1, -0.05) is 6.92 Å². The monoisotopic (exact) mass is 220 g/mol. The molecule has 4 heteroatoms. The van der Waals surface area contributed by atoms with E-state index in [0.29, 0.717) is 0 Å². The average molecular weight is 220 g/mol. The lowest BCUT2D eigenvalue weighted by molar-refractivity contribution is -0.154. The summed E-state index contributed by atoms with van der Waals surface area (Å²) in [5.74, 6) is -0.435. The maximum absolute atomic E-state index is 12.2. The third kappa shape index (κ3) is 7.05. The average Bonchev–Trinajstić information content (AvgIpc) is 2.01. The van der Waals surface area contributed by atoms with Crippen LogP contribution in [0.5, 0.6) is 0 Å². The van der Waals surface area contributed by atoms with Crippen LogP contribution < -0.4 is 0 Å². The molecule has 0 atom stereocenters. The van der Waals surface area contributed by atoms with Gasteiger partial charge in [0.05, 0.1) is 0 Å². The summed E-state index contributed by atoms with van der Waals surface area (Å²) in [6, 6.07) is 0. The zero-order chi connectivity index (χ0) is 12.1. The smallest absolute Gasteiger partial charge is 0.306 e. The van der Waals surface area contributed by atoms with Crippen molar-refractivity contribution in [1.82, 2.24) is 0 Å². The normalized spacial score (nSPS) is 11.1. The molecule has 0 bridgehead atoms. The van der Waals surface area contributed by atoms with Gasteiger partial charge in [0.25, 0.3) is 6.08 Å². The van der Waals surface area contributed by atoms with Crippen LogP contribution in [-0.4, -0.2) is 11.6 Å². The van der Waals surface area contributed by atoms with Gasteiger partial charge in [0.2, 0.25) is 0 Å². The van der Waals surface area contributed by atoms with E-state index in [0.717, 1.165) is 0 Å². The minimum atomic E-state index is -1.68. The Balaban J connectivity index is 4.07. The van der Waals surface area contributed by atoms with Gasteiger partial charge in [-0.05, 0) is 39.2 Å². The largest absolute Gasteiger partial charge is 0.460 e. The minimum absolute atomic E-state index is 0.0117. The molecule has 0 N–H and O–H groups in total. The summed E-state index contributed by atoms with van der Waals surface area (Å²) in [4.78, 5) is 11.2. The molecule has 0 rings (SSSR count). The lowest BCUT2D eigenvalue weighted by atomic mass is 10.1. The van der Waals surface area contributed by atoms with E-state index in [4.69, 9.17) is 4.74 Å². The lowest BCUT2D eigenvalue weighted by Gasteiger charge is -2.19. The SMILES string of the molecule is CCC(CCC(=O)OC(C)(C)C)=C(F)F. The second-order valence-electron chi connectivity index (χ2n) is 4.30. The lowest BCUT2D eigenvalue weighted by Crippen LogP contribution is -2.23. The third-order valence-corrected chi connectivity index (χ3v) is 1.74. The molecule has 0 fully saturated rings. The van der Waals surface area contributed by atoms with Gasteiger partial charge in [0.1, 0.15) is 5.60 Å². The molecule has 0 amide bonds. The summed E-state index contributed by atoms with van der Waals surface area (Å²) >= 11 is 0. The summed E-state index contributed by atoms with van der Waals surface area (Å²) in [5.41, 5.74) is -0.526. The molecule has 88 valence electrons. The van der Waals surface area contributed by atoms with Gasteiger partial charge in [-0.15, -0.1) is 0 Å². The maximum atomic E-state index is 12.2. The molecular formula is C11H18F2O2. The topological polar surface area (TPSA) is 26.3 Å². The number of ether oxygens (including phenoxy) is 1. The second-order valence-corrected chi connectivity index (χ2v) is 4.30. The van der Waals surface area contributed by atoms with Crippen LogP contribution in [0.3, 0.4) is 0 Å². The number of carbonyl (C=O) groups excluding carboxylic acids is 1. The molecule has 0 saturated heterocycles. The zero-order valence-corrected chi connectivity index (χ0v) is 9.69. The predicted molar refractivity (Wildman–Crippen MR) is 54.6 cm³/mol. The van der Waals surface area contributed by atoms with Gasteiger partial charge in [-0.25, -0.2) is 0 Å². The molecule has 0 unspecified atom stereocenters. The quantitative estimate of drug-likeness (QED) is 0.676. The van der Waals surface area contributed by atoms with E-state index in [1.807, 2.05) is 0 Å². The number of allylic oxidation sites excluding steroid dienone is 1. The zero-order valence-electron chi connectivity index (χ0n) is 9.69. The van der Waals surface area contributed by atoms with Crippen molar-refractivity contribution in [2.45, 2.75) is 52.6 Å². The first kappa shape index (κ1) is 14.1. The second kappa shape index (κ2) is 5.83. The van der Waals surface area contributed by atoms with Crippen LogP contribution in [0.4, 0.5) is 8.78 Å². The highest BCUT2D eigenvalue weighted by atomic mass is 19.3. The number of hydrogen-bond donors (Lipinski definition) is 0. The number of hydrogen-bond acceptors (Lipinski definition) is 2. The summed E-state index contributed by atoms with van der Waals surface area (Å²) in [6.07, 6.45) is -1.32. The Morgan fingerprint density at radius 1 is 1.20 bits per heavy atom. The molecule has 0 aromatic carbocycles. The van der Waals surface area contributed by atoms with Gasteiger partial charge in [0, 0.05) is 6.42 Å². The van der Waals surface area contributed by atoms with Crippen molar-refractivity contribution in [3.63, 3.8) is 0 Å². The molecule has 0 radical (unpaired) electrons. The van der Waals surface area contributed by atoms with E-state index < -0.39 is 17.7 Å². The number of esters is 1. The standard InChI is InChI=1S/C11H18F2O2/c1-5-8(10(12)13)6-7-9(14)15-11(2,3)4/h5-7H2,1-4H3. The fourth-order valence-corrected chi connectivity index (χ4v) is 1.05. The molecule has 0 aliphatic rings. The van der Waals surface area contributed by atoms with Gasteiger partial charge in [-0.2, -0.15) is 8.78 Å². The van der Waals surface area contributed by atoms with E-state index in [1.165, 1.54) is 0 Å². The van der Waals surface area contributed by atoms with Crippen molar-refractivity contribution in [3.8, 4) is 0 Å². The maximum Gasteiger partial charge on any atom is 0.306 e. The predicted octanol–water partition coefficient (Wildman–Crippen LogP) is 3.67. The Hall–Kier alpha value is -0.930. The van der Waals surface area contributed by atoms with Gasteiger partial charge in [0.15, 0.2) is 0 Å². The summed E-state index contributed by atoms with van der Waals surface area (Å²) in [5, 5.41) is 0. The van der Waals surface area contributed by atoms with E-state index in [1.54, 1.807) is 27.7 Å². The molecule has 0 aliphatic heterocycles. The van der Waals surface area contributed by atoms with Crippen LogP contribution in [0.15, 0.2) is 11.7 Å². The molecule has 0 saturated carbocycles. The highest BCUT2D eigenvalue weighted by Crippen LogP contribution is 2.18. The summed E-state index contributed by atoms with van der Waals surface area (Å²) in [7, 11) is 0. The van der Waals surface area contributed by atoms with E-state index in [9.17, 15) is 13.6 Å². The van der Waals surface area contributed by atoms with Gasteiger partial charge < -0.3 is 4.74 Å². The van der Waals surface area contributed by atoms with Crippen molar-refractivity contribution >= 4 is 5.97 Å². The molecule has 0 aromatic rings. The van der Waals surface area contributed by atoms with Crippen LogP contribution in [-0.2, 0) is 9.53 Å². The third-order valence-electron chi connectivity index (χ3n) is 1.74. The van der Waals surface area contributed by atoms with Crippen molar-refractivity contribution in [3.05, 3.63) is 11.7 Å². The Morgan fingerprint density at radius 3 is 2.07 bits per heavy atom. The van der Waals surface area contributed by atoms with Gasteiger partial charge >= 0.3 is 5.97 Å². The van der Waals surface area contributed by atoms with E-state index >= 15 is 0 Å². The van der Waals surface area contributed by atoms with E-state index in [2.05, 4.69) is 0 Å². The van der Waals surface area contributed by atoms with E-state index in [-0.39, 0.29) is 24.8 Å². The van der Waals surface area contributed by atoms with Crippen LogP contribution >= 0.6 is 0 Å². The fourth-order valence-electron chi connectivity index (χ4n) is 1.05. The first-order valence-corrected chi connectivity index (χ1v) is 5.01. The van der Waals surface area contributed by atoms with Crippen LogP contribution in [0.2, 0.25) is 0 Å². The molecule has 0 aliphatic carbocycles. The summed E-state index contributed by atoms with van der Waals surface area (Å²) in [6.45, 7) is 6.88. The van der Waals surface area contributed by atoms with Gasteiger partial charge in [-0.3, -0.25) is 4.79 Å². The Morgan fingerprint density at radius 2 is 1.73 bits per heavy atom. The highest BCUT2D eigenvalue weighted by Gasteiger charge is 2.16. The van der Waals surface area contributed by atoms with Crippen molar-refractivity contribution in [2.24, 2.45) is 0 Å².